The summed E-state index contributed by atoms with van der Waals surface area (Å²) in [5.41, 5.74) is 0. The summed E-state index contributed by atoms with van der Waals surface area (Å²) in [5, 5.41) is 0.840. The van der Waals surface area contributed by atoms with E-state index in [0.29, 0.717) is 0 Å². The molecule has 0 amide bonds. The van der Waals surface area contributed by atoms with E-state index >= 15 is 0 Å². The molecule has 2 saturated heterocycles. The van der Waals surface area contributed by atoms with Crippen LogP contribution in [-0.4, -0.2) is 32.3 Å². The first kappa shape index (κ1) is 6.72. The van der Waals surface area contributed by atoms with Crippen molar-refractivity contribution in [3.63, 3.8) is 0 Å². The lowest BCUT2D eigenvalue weighted by atomic mass is 9.35. The zero-order valence-electron chi connectivity index (χ0n) is 6.90. The SMILES string of the molecule is CN1CCC2(BCC2)CC1. The average Bonchev–Trinajstić information content (AvgIpc) is 1.86. The average molecular weight is 137 g/mol. The van der Waals surface area contributed by atoms with Crippen LogP contribution in [0.3, 0.4) is 0 Å². The molecule has 1 nitrogen and oxygen atoms in total. The normalized spacial score (nSPS) is 31.3. The van der Waals surface area contributed by atoms with Gasteiger partial charge in [0, 0.05) is 0 Å². The molecule has 1 spiro atoms. The number of nitrogens with zero attached hydrogens (tertiary/aromatic N) is 1. The third-order valence-corrected chi connectivity index (χ3v) is 3.46. The highest BCUT2D eigenvalue weighted by Gasteiger charge is 2.39. The predicted molar refractivity (Wildman–Crippen MR) is 46.0 cm³/mol. The molecule has 0 atom stereocenters. The molecule has 10 heavy (non-hydrogen) atoms. The molecule has 0 saturated carbocycles. The Bertz CT molecular complexity index is 121. The minimum absolute atomic E-state index is 0.840. The van der Waals surface area contributed by atoms with Crippen LogP contribution in [-0.2, 0) is 0 Å². The molecule has 0 N–H and O–H groups in total. The van der Waals surface area contributed by atoms with E-state index in [0.717, 1.165) is 5.31 Å². The van der Waals surface area contributed by atoms with E-state index in [4.69, 9.17) is 0 Å². The molecule has 2 rings (SSSR count). The Hall–Kier alpha value is 0.0249. The fraction of sp³-hybridized carbons (Fsp3) is 1.00. The molecule has 56 valence electrons. The molecule has 2 heteroatoms. The van der Waals surface area contributed by atoms with Crippen molar-refractivity contribution in [1.29, 1.82) is 0 Å². The van der Waals surface area contributed by atoms with Crippen LogP contribution in [0, 0.1) is 0 Å². The Morgan fingerprint density at radius 3 is 2.20 bits per heavy atom. The summed E-state index contributed by atoms with van der Waals surface area (Å²) in [4.78, 5) is 2.46. The van der Waals surface area contributed by atoms with Gasteiger partial charge in [0.2, 0.25) is 0 Å². The zero-order chi connectivity index (χ0) is 7.03. The van der Waals surface area contributed by atoms with Crippen molar-refractivity contribution >= 4 is 7.28 Å². The number of rotatable bonds is 0. The van der Waals surface area contributed by atoms with Gasteiger partial charge in [0.25, 0.3) is 0 Å². The van der Waals surface area contributed by atoms with Gasteiger partial charge in [-0.25, -0.2) is 0 Å². The maximum atomic E-state index is 2.46. The topological polar surface area (TPSA) is 3.24 Å². The van der Waals surface area contributed by atoms with E-state index in [-0.39, 0.29) is 0 Å². The standard InChI is InChI=1S/C8H16BN/c1-10-6-3-8(4-7-10)2-5-9-8/h9H,2-7H2,1H3. The Morgan fingerprint density at radius 2 is 1.80 bits per heavy atom. The van der Waals surface area contributed by atoms with Crippen molar-refractivity contribution in [3.05, 3.63) is 0 Å². The number of piperidine rings is 1. The fourth-order valence-electron chi connectivity index (χ4n) is 2.27. The van der Waals surface area contributed by atoms with E-state index in [1.165, 1.54) is 46.0 Å². The summed E-state index contributed by atoms with van der Waals surface area (Å²) in [6.07, 6.45) is 5.98. The number of likely N-dealkylation sites (tertiary alicyclic amines) is 1. The zero-order valence-corrected chi connectivity index (χ0v) is 6.90. The van der Waals surface area contributed by atoms with Gasteiger partial charge in [0.1, 0.15) is 7.28 Å². The highest BCUT2D eigenvalue weighted by Crippen LogP contribution is 2.50. The van der Waals surface area contributed by atoms with Crippen LogP contribution < -0.4 is 0 Å². The molecule has 0 aromatic heterocycles. The minimum atomic E-state index is 0.840. The molecule has 0 aromatic carbocycles. The van der Waals surface area contributed by atoms with Crippen molar-refractivity contribution in [2.24, 2.45) is 0 Å². The molecule has 2 fully saturated rings. The van der Waals surface area contributed by atoms with E-state index in [2.05, 4.69) is 11.9 Å². The maximum Gasteiger partial charge on any atom is 0.128 e. The van der Waals surface area contributed by atoms with Gasteiger partial charge < -0.3 is 4.90 Å². The number of hydrogen-bond donors (Lipinski definition) is 0. The fourth-order valence-corrected chi connectivity index (χ4v) is 2.27. The van der Waals surface area contributed by atoms with Gasteiger partial charge in [-0.3, -0.25) is 0 Å². The van der Waals surface area contributed by atoms with Crippen LogP contribution in [0.4, 0.5) is 0 Å². The first-order valence-corrected chi connectivity index (χ1v) is 4.49. The Kier molecular flexibility index (Phi) is 1.52. The van der Waals surface area contributed by atoms with Crippen LogP contribution in [0.1, 0.15) is 19.3 Å². The maximum absolute atomic E-state index is 2.46. The van der Waals surface area contributed by atoms with Gasteiger partial charge in [0.05, 0.1) is 0 Å². The van der Waals surface area contributed by atoms with E-state index in [9.17, 15) is 0 Å². The second-order valence-electron chi connectivity index (χ2n) is 4.16. The lowest BCUT2D eigenvalue weighted by Crippen LogP contribution is -2.41. The highest BCUT2D eigenvalue weighted by atomic mass is 15.1. The summed E-state index contributed by atoms with van der Waals surface area (Å²) >= 11 is 0. The van der Waals surface area contributed by atoms with Gasteiger partial charge in [-0.15, -0.1) is 0 Å². The monoisotopic (exact) mass is 137 g/mol. The van der Waals surface area contributed by atoms with E-state index in [1.807, 2.05) is 0 Å². The largest absolute Gasteiger partial charge is 0.306 e. The summed E-state index contributed by atoms with van der Waals surface area (Å²) in [6.45, 7) is 2.69. The molecule has 0 aromatic rings. The first-order chi connectivity index (χ1) is 4.81. The summed E-state index contributed by atoms with van der Waals surface area (Å²) < 4.78 is 0. The predicted octanol–water partition coefficient (Wildman–Crippen LogP) is 1.13. The molecule has 0 bridgehead atoms. The molecular formula is C8H16BN. The van der Waals surface area contributed by atoms with Crippen molar-refractivity contribution in [2.45, 2.75) is 30.9 Å². The summed E-state index contributed by atoms with van der Waals surface area (Å²) in [7, 11) is 3.77. The van der Waals surface area contributed by atoms with Crippen molar-refractivity contribution in [1.82, 2.24) is 4.90 Å². The van der Waals surface area contributed by atoms with E-state index in [1.54, 1.807) is 0 Å². The van der Waals surface area contributed by atoms with Crippen molar-refractivity contribution in [3.8, 4) is 0 Å². The van der Waals surface area contributed by atoms with Gasteiger partial charge >= 0.3 is 0 Å². The Balaban J connectivity index is 1.90. The molecule has 0 aliphatic carbocycles. The van der Waals surface area contributed by atoms with Crippen LogP contribution in [0.25, 0.3) is 0 Å². The second-order valence-corrected chi connectivity index (χ2v) is 4.16. The molecule has 2 heterocycles. The summed E-state index contributed by atoms with van der Waals surface area (Å²) in [6, 6.07) is 0. The summed E-state index contributed by atoms with van der Waals surface area (Å²) in [5.74, 6) is 0. The second kappa shape index (κ2) is 2.26. The lowest BCUT2D eigenvalue weighted by Gasteiger charge is -2.46. The third-order valence-electron chi connectivity index (χ3n) is 3.46. The van der Waals surface area contributed by atoms with Crippen molar-refractivity contribution in [2.75, 3.05) is 20.1 Å². The van der Waals surface area contributed by atoms with Crippen LogP contribution in [0.2, 0.25) is 11.6 Å². The van der Waals surface area contributed by atoms with Gasteiger partial charge in [0.15, 0.2) is 0 Å². The lowest BCUT2D eigenvalue weighted by molar-refractivity contribution is 0.213. The number of hydrogen-bond acceptors (Lipinski definition) is 1. The molecule has 2 aliphatic heterocycles. The first-order valence-electron chi connectivity index (χ1n) is 4.49. The van der Waals surface area contributed by atoms with Gasteiger partial charge in [-0.05, 0) is 33.0 Å². The van der Waals surface area contributed by atoms with Gasteiger partial charge in [-0.2, -0.15) is 0 Å². The van der Waals surface area contributed by atoms with E-state index < -0.39 is 0 Å². The Labute approximate surface area is 64.0 Å². The quantitative estimate of drug-likeness (QED) is 0.452. The van der Waals surface area contributed by atoms with Crippen molar-refractivity contribution < 1.29 is 0 Å². The van der Waals surface area contributed by atoms with Crippen LogP contribution in [0.5, 0.6) is 0 Å². The molecule has 0 radical (unpaired) electrons. The third kappa shape index (κ3) is 0.988. The van der Waals surface area contributed by atoms with Crippen LogP contribution in [0.15, 0.2) is 0 Å². The highest BCUT2D eigenvalue weighted by molar-refractivity contribution is 6.44. The molecule has 0 unspecified atom stereocenters. The minimum Gasteiger partial charge on any atom is -0.306 e. The van der Waals surface area contributed by atoms with Crippen LogP contribution >= 0.6 is 0 Å². The molecular weight excluding hydrogens is 121 g/mol. The molecule has 2 aliphatic rings. The Morgan fingerprint density at radius 1 is 1.20 bits per heavy atom. The van der Waals surface area contributed by atoms with Gasteiger partial charge in [-0.1, -0.05) is 18.1 Å². The smallest absolute Gasteiger partial charge is 0.128 e.